The van der Waals surface area contributed by atoms with Crippen LogP contribution < -0.4 is 4.72 Å². The van der Waals surface area contributed by atoms with Crippen molar-refractivity contribution >= 4 is 10.0 Å². The second-order valence-corrected chi connectivity index (χ2v) is 7.35. The van der Waals surface area contributed by atoms with Crippen LogP contribution in [0, 0.1) is 0 Å². The van der Waals surface area contributed by atoms with Crippen molar-refractivity contribution in [1.29, 1.82) is 0 Å². The summed E-state index contributed by atoms with van der Waals surface area (Å²) in [6.45, 7) is 3.90. The van der Waals surface area contributed by atoms with Crippen molar-refractivity contribution in [2.75, 3.05) is 7.05 Å². The molecule has 0 spiro atoms. The average molecular weight is 361 g/mol. The van der Waals surface area contributed by atoms with Crippen molar-refractivity contribution in [3.05, 3.63) is 48.4 Å². The minimum Gasteiger partial charge on any atom is -0.337 e. The molecule has 132 valence electrons. The van der Waals surface area contributed by atoms with E-state index in [1.54, 1.807) is 30.5 Å². The molecule has 9 heteroatoms. The fourth-order valence-corrected chi connectivity index (χ4v) is 3.18. The predicted octanol–water partition coefficient (Wildman–Crippen LogP) is 2.01. The molecule has 3 aromatic rings. The molecule has 8 nitrogen and oxygen atoms in total. The summed E-state index contributed by atoms with van der Waals surface area (Å²) in [5, 5.41) is 3.92. The standard InChI is InChI=1S/C16H19N5O3S/c1-4-14-19-16(24-20-14)11(2)21-10-9-18-15(21)12-5-7-13(8-6-12)25(22,23)17-3/h5-11,17H,4H2,1-3H3. The van der Waals surface area contributed by atoms with Gasteiger partial charge in [0, 0.05) is 24.4 Å². The van der Waals surface area contributed by atoms with Crippen molar-refractivity contribution in [2.45, 2.75) is 31.2 Å². The van der Waals surface area contributed by atoms with Gasteiger partial charge in [-0.05, 0) is 38.2 Å². The van der Waals surface area contributed by atoms with E-state index in [1.807, 2.05) is 24.6 Å². The maximum atomic E-state index is 11.8. The molecular weight excluding hydrogens is 342 g/mol. The number of hydrogen-bond donors (Lipinski definition) is 1. The first-order valence-corrected chi connectivity index (χ1v) is 9.34. The van der Waals surface area contributed by atoms with Crippen LogP contribution in [0.3, 0.4) is 0 Å². The number of sulfonamides is 1. The smallest absolute Gasteiger partial charge is 0.249 e. The van der Waals surface area contributed by atoms with Crippen LogP contribution in [0.25, 0.3) is 11.4 Å². The summed E-state index contributed by atoms with van der Waals surface area (Å²) in [6, 6.07) is 6.35. The first-order valence-electron chi connectivity index (χ1n) is 7.85. The zero-order valence-electron chi connectivity index (χ0n) is 14.2. The Morgan fingerprint density at radius 3 is 2.60 bits per heavy atom. The number of nitrogens with zero attached hydrogens (tertiary/aromatic N) is 4. The fraction of sp³-hybridized carbons (Fsp3) is 0.312. The van der Waals surface area contributed by atoms with Crippen molar-refractivity contribution in [3.63, 3.8) is 0 Å². The van der Waals surface area contributed by atoms with Crippen LogP contribution in [0.1, 0.15) is 31.6 Å². The van der Waals surface area contributed by atoms with Gasteiger partial charge in [0.1, 0.15) is 11.9 Å². The summed E-state index contributed by atoms with van der Waals surface area (Å²) in [7, 11) is -2.08. The number of hydrogen-bond acceptors (Lipinski definition) is 6. The second kappa shape index (κ2) is 6.77. The molecular formula is C16H19N5O3S. The van der Waals surface area contributed by atoms with Crippen LogP contribution >= 0.6 is 0 Å². The van der Waals surface area contributed by atoms with Gasteiger partial charge in [-0.15, -0.1) is 0 Å². The average Bonchev–Trinajstić information content (AvgIpc) is 3.30. The lowest BCUT2D eigenvalue weighted by Gasteiger charge is -2.13. The summed E-state index contributed by atoms with van der Waals surface area (Å²) in [5.74, 6) is 1.85. The number of rotatable bonds is 6. The maximum absolute atomic E-state index is 11.8. The summed E-state index contributed by atoms with van der Waals surface area (Å²) in [6.07, 6.45) is 4.21. The third-order valence-corrected chi connectivity index (χ3v) is 5.37. The van der Waals surface area contributed by atoms with E-state index in [0.717, 1.165) is 5.56 Å². The SMILES string of the molecule is CCc1noc(C(C)n2ccnc2-c2ccc(S(=O)(=O)NC)cc2)n1. The van der Waals surface area contributed by atoms with Crippen LogP contribution in [0.5, 0.6) is 0 Å². The van der Waals surface area contributed by atoms with E-state index < -0.39 is 10.0 Å². The highest BCUT2D eigenvalue weighted by Crippen LogP contribution is 2.25. The molecule has 3 rings (SSSR count). The quantitative estimate of drug-likeness (QED) is 0.720. The molecule has 2 aromatic heterocycles. The van der Waals surface area contributed by atoms with Crippen LogP contribution in [0.4, 0.5) is 0 Å². The third kappa shape index (κ3) is 3.33. The van der Waals surface area contributed by atoms with Gasteiger partial charge >= 0.3 is 0 Å². The minimum absolute atomic E-state index is 0.189. The molecule has 2 heterocycles. The Bertz CT molecular complexity index is 960. The van der Waals surface area contributed by atoms with Gasteiger partial charge in [-0.3, -0.25) is 0 Å². The number of imidazole rings is 1. The molecule has 1 N–H and O–H groups in total. The highest BCUT2D eigenvalue weighted by molar-refractivity contribution is 7.89. The molecule has 0 saturated heterocycles. The van der Waals surface area contributed by atoms with Gasteiger partial charge in [0.05, 0.1) is 4.90 Å². The van der Waals surface area contributed by atoms with Gasteiger partial charge in [-0.1, -0.05) is 12.1 Å². The number of aromatic nitrogens is 4. The fourth-order valence-electron chi connectivity index (χ4n) is 2.45. The lowest BCUT2D eigenvalue weighted by Crippen LogP contribution is -2.18. The van der Waals surface area contributed by atoms with Gasteiger partial charge in [0.15, 0.2) is 5.82 Å². The molecule has 1 unspecified atom stereocenters. The molecule has 1 atom stereocenters. The van der Waals surface area contributed by atoms with E-state index in [1.165, 1.54) is 7.05 Å². The summed E-state index contributed by atoms with van der Waals surface area (Å²) in [4.78, 5) is 8.95. The Balaban J connectivity index is 1.93. The molecule has 25 heavy (non-hydrogen) atoms. The molecule has 0 bridgehead atoms. The molecule has 1 aromatic carbocycles. The number of nitrogens with one attached hydrogen (secondary N) is 1. The lowest BCUT2D eigenvalue weighted by molar-refractivity contribution is 0.343. The Labute approximate surface area is 146 Å². The van der Waals surface area contributed by atoms with Crippen LogP contribution in [0.15, 0.2) is 46.1 Å². The van der Waals surface area contributed by atoms with Gasteiger partial charge in [0.2, 0.25) is 15.9 Å². The monoisotopic (exact) mass is 361 g/mol. The van der Waals surface area contributed by atoms with Gasteiger partial charge < -0.3 is 9.09 Å². The first kappa shape index (κ1) is 17.3. The van der Waals surface area contributed by atoms with Crippen molar-refractivity contribution in [1.82, 2.24) is 24.4 Å². The Morgan fingerprint density at radius 1 is 1.28 bits per heavy atom. The molecule has 0 radical (unpaired) electrons. The zero-order chi connectivity index (χ0) is 18.0. The van der Waals surface area contributed by atoms with Crippen molar-refractivity contribution in [3.8, 4) is 11.4 Å². The third-order valence-electron chi connectivity index (χ3n) is 3.93. The van der Waals surface area contributed by atoms with Gasteiger partial charge in [0.25, 0.3) is 0 Å². The highest BCUT2D eigenvalue weighted by atomic mass is 32.2. The van der Waals surface area contributed by atoms with Crippen molar-refractivity contribution < 1.29 is 12.9 Å². The van der Waals surface area contributed by atoms with E-state index in [2.05, 4.69) is 19.8 Å². The van der Waals surface area contributed by atoms with Crippen LogP contribution in [-0.4, -0.2) is 35.2 Å². The Kier molecular flexibility index (Phi) is 4.69. The largest absolute Gasteiger partial charge is 0.337 e. The van der Waals surface area contributed by atoms with Gasteiger partial charge in [-0.25, -0.2) is 18.1 Å². The van der Waals surface area contributed by atoms with E-state index >= 15 is 0 Å². The van der Waals surface area contributed by atoms with E-state index in [0.29, 0.717) is 24.0 Å². The normalized spacial score (nSPS) is 13.1. The Morgan fingerprint density at radius 2 is 2.00 bits per heavy atom. The van der Waals surface area contributed by atoms with Crippen LogP contribution in [0.2, 0.25) is 0 Å². The topological polar surface area (TPSA) is 103 Å². The number of aryl methyl sites for hydroxylation is 1. The van der Waals surface area contributed by atoms with Gasteiger partial charge in [-0.2, -0.15) is 4.98 Å². The Hall–Kier alpha value is -2.52. The number of benzene rings is 1. The van der Waals surface area contributed by atoms with E-state index in [9.17, 15) is 8.42 Å². The molecule has 0 saturated carbocycles. The van der Waals surface area contributed by atoms with Crippen LogP contribution in [-0.2, 0) is 16.4 Å². The van der Waals surface area contributed by atoms with E-state index in [-0.39, 0.29) is 10.9 Å². The van der Waals surface area contributed by atoms with Crippen molar-refractivity contribution in [2.24, 2.45) is 0 Å². The predicted molar refractivity (Wildman–Crippen MR) is 91.4 cm³/mol. The molecule has 0 aliphatic carbocycles. The molecule has 0 aliphatic heterocycles. The summed E-state index contributed by atoms with van der Waals surface area (Å²) < 4.78 is 33.2. The second-order valence-electron chi connectivity index (χ2n) is 5.47. The molecule has 0 fully saturated rings. The zero-order valence-corrected chi connectivity index (χ0v) is 15.0. The maximum Gasteiger partial charge on any atom is 0.249 e. The lowest BCUT2D eigenvalue weighted by atomic mass is 10.2. The molecule has 0 amide bonds. The summed E-state index contributed by atoms with van der Waals surface area (Å²) in [5.41, 5.74) is 0.794. The first-order chi connectivity index (χ1) is 12.0. The molecule has 0 aliphatic rings. The highest BCUT2D eigenvalue weighted by Gasteiger charge is 2.19. The summed E-state index contributed by atoms with van der Waals surface area (Å²) >= 11 is 0. The van der Waals surface area contributed by atoms with E-state index in [4.69, 9.17) is 4.52 Å². The minimum atomic E-state index is -3.46.